The van der Waals surface area contributed by atoms with Gasteiger partial charge in [-0.3, -0.25) is 4.79 Å². The largest absolute Gasteiger partial charge is 0.452 e. The van der Waals surface area contributed by atoms with Crippen molar-refractivity contribution in [1.29, 1.82) is 0 Å². The van der Waals surface area contributed by atoms with Gasteiger partial charge in [0.2, 0.25) is 0 Å². The minimum absolute atomic E-state index is 0.197. The Morgan fingerprint density at radius 2 is 1.83 bits per heavy atom. The minimum Gasteiger partial charge on any atom is -0.452 e. The average Bonchev–Trinajstić information content (AvgIpc) is 3.22. The molecule has 0 radical (unpaired) electrons. The van der Waals surface area contributed by atoms with Gasteiger partial charge < -0.3 is 15.0 Å². The summed E-state index contributed by atoms with van der Waals surface area (Å²) in [5.74, 6) is -3.65. The lowest BCUT2D eigenvalue weighted by Crippen LogP contribution is -2.22. The highest BCUT2D eigenvalue weighted by Gasteiger charge is 2.15. The third-order valence-corrected chi connectivity index (χ3v) is 5.33. The van der Waals surface area contributed by atoms with E-state index in [4.69, 9.17) is 4.74 Å². The van der Waals surface area contributed by atoms with Crippen LogP contribution in [0.4, 0.5) is 20.2 Å². The van der Waals surface area contributed by atoms with E-state index in [-0.39, 0.29) is 5.56 Å². The molecule has 1 fully saturated rings. The Morgan fingerprint density at radius 1 is 1.14 bits per heavy atom. The number of hydrogen-bond acceptors (Lipinski definition) is 5. The van der Waals surface area contributed by atoms with Crippen LogP contribution in [0.5, 0.6) is 0 Å². The second kappa shape index (κ2) is 9.73. The first-order valence-electron chi connectivity index (χ1n) is 9.30. The third kappa shape index (κ3) is 5.93. The van der Waals surface area contributed by atoms with Gasteiger partial charge in [0.15, 0.2) is 6.61 Å². The standard InChI is InChI=1S/C21H22F2N2O3S/c1-14-12-16(25-10-2-3-11-25)6-9-18(14)24-19(26)13-28-20(27)15-4-7-17(8-5-15)29-21(22)23/h4-9,12,21H,2-3,10-11,13H2,1H3,(H,24,26). The van der Waals surface area contributed by atoms with Crippen molar-refractivity contribution in [3.8, 4) is 0 Å². The van der Waals surface area contributed by atoms with Gasteiger partial charge in [0.1, 0.15) is 0 Å². The number of amides is 1. The third-order valence-electron chi connectivity index (χ3n) is 4.60. The smallest absolute Gasteiger partial charge is 0.338 e. The molecule has 1 heterocycles. The number of aryl methyl sites for hydroxylation is 1. The van der Waals surface area contributed by atoms with Crippen molar-refractivity contribution in [2.24, 2.45) is 0 Å². The van der Waals surface area contributed by atoms with Crippen molar-refractivity contribution in [2.45, 2.75) is 30.4 Å². The van der Waals surface area contributed by atoms with Crippen molar-refractivity contribution < 1.29 is 23.1 Å². The van der Waals surface area contributed by atoms with Gasteiger partial charge in [0.25, 0.3) is 11.7 Å². The first kappa shape index (κ1) is 21.1. The quantitative estimate of drug-likeness (QED) is 0.520. The number of carbonyl (C=O) groups excluding carboxylic acids is 2. The zero-order valence-electron chi connectivity index (χ0n) is 16.0. The van der Waals surface area contributed by atoms with Crippen molar-refractivity contribution >= 4 is 35.0 Å². The van der Waals surface area contributed by atoms with Crippen LogP contribution >= 0.6 is 11.8 Å². The van der Waals surface area contributed by atoms with Crippen LogP contribution in [-0.4, -0.2) is 37.3 Å². The van der Waals surface area contributed by atoms with Gasteiger partial charge >= 0.3 is 5.97 Å². The van der Waals surface area contributed by atoms with Crippen LogP contribution in [0.15, 0.2) is 47.4 Å². The van der Waals surface area contributed by atoms with Gasteiger partial charge in [-0.05, 0) is 67.8 Å². The number of esters is 1. The first-order chi connectivity index (χ1) is 13.9. The van der Waals surface area contributed by atoms with Crippen LogP contribution in [0.1, 0.15) is 28.8 Å². The van der Waals surface area contributed by atoms with E-state index < -0.39 is 24.2 Å². The summed E-state index contributed by atoms with van der Waals surface area (Å²) in [5.41, 5.74) is 2.93. The molecule has 1 aliphatic rings. The summed E-state index contributed by atoms with van der Waals surface area (Å²) >= 11 is 0.396. The van der Waals surface area contributed by atoms with Crippen LogP contribution in [0.25, 0.3) is 0 Å². The number of carbonyl (C=O) groups is 2. The van der Waals surface area contributed by atoms with E-state index in [1.54, 1.807) is 0 Å². The van der Waals surface area contributed by atoms with Gasteiger partial charge in [-0.2, -0.15) is 8.78 Å². The van der Waals surface area contributed by atoms with Crippen molar-refractivity contribution in [3.63, 3.8) is 0 Å². The SMILES string of the molecule is Cc1cc(N2CCCC2)ccc1NC(=O)COC(=O)c1ccc(SC(F)F)cc1. The highest BCUT2D eigenvalue weighted by Crippen LogP contribution is 2.26. The Morgan fingerprint density at radius 3 is 2.45 bits per heavy atom. The fourth-order valence-electron chi connectivity index (χ4n) is 3.13. The molecule has 0 saturated carbocycles. The summed E-state index contributed by atoms with van der Waals surface area (Å²) in [5, 5.41) is 2.74. The van der Waals surface area contributed by atoms with Gasteiger partial charge in [-0.1, -0.05) is 11.8 Å². The lowest BCUT2D eigenvalue weighted by Gasteiger charge is -2.19. The number of nitrogens with one attached hydrogen (secondary N) is 1. The average molecular weight is 420 g/mol. The fourth-order valence-corrected chi connectivity index (χ4v) is 3.63. The second-order valence-electron chi connectivity index (χ2n) is 6.72. The van der Waals surface area contributed by atoms with E-state index in [9.17, 15) is 18.4 Å². The molecule has 5 nitrogen and oxygen atoms in total. The number of thioether (sulfide) groups is 1. The number of ether oxygens (including phenoxy) is 1. The number of hydrogen-bond donors (Lipinski definition) is 1. The topological polar surface area (TPSA) is 58.6 Å². The molecule has 29 heavy (non-hydrogen) atoms. The second-order valence-corrected chi connectivity index (χ2v) is 7.78. The van der Waals surface area contributed by atoms with E-state index in [1.807, 2.05) is 25.1 Å². The Bertz CT molecular complexity index is 869. The summed E-state index contributed by atoms with van der Waals surface area (Å²) in [6, 6.07) is 11.5. The molecule has 1 amide bonds. The number of alkyl halides is 2. The number of halogens is 2. The Labute approximate surface area is 172 Å². The van der Waals surface area contributed by atoms with Gasteiger partial charge in [-0.15, -0.1) is 0 Å². The van der Waals surface area contributed by atoms with E-state index in [1.165, 1.54) is 37.1 Å². The van der Waals surface area contributed by atoms with Gasteiger partial charge in [0.05, 0.1) is 5.56 Å². The first-order valence-corrected chi connectivity index (χ1v) is 10.2. The summed E-state index contributed by atoms with van der Waals surface area (Å²) in [4.78, 5) is 26.8. The fraction of sp³-hybridized carbons (Fsp3) is 0.333. The minimum atomic E-state index is -2.52. The van der Waals surface area contributed by atoms with E-state index in [2.05, 4.69) is 10.2 Å². The predicted molar refractivity (Wildman–Crippen MR) is 110 cm³/mol. The van der Waals surface area contributed by atoms with Crippen molar-refractivity contribution in [1.82, 2.24) is 0 Å². The van der Waals surface area contributed by atoms with Crippen LogP contribution in [0, 0.1) is 6.92 Å². The van der Waals surface area contributed by atoms with Crippen LogP contribution < -0.4 is 10.2 Å². The van der Waals surface area contributed by atoms with E-state index >= 15 is 0 Å². The zero-order valence-corrected chi connectivity index (χ0v) is 16.8. The molecular formula is C21H22F2N2O3S. The lowest BCUT2D eigenvalue weighted by atomic mass is 10.1. The normalized spacial score (nSPS) is 13.6. The molecule has 0 spiro atoms. The molecule has 3 rings (SSSR count). The Balaban J connectivity index is 1.51. The highest BCUT2D eigenvalue weighted by molar-refractivity contribution is 7.99. The predicted octanol–water partition coefficient (Wildman–Crippen LogP) is 4.71. The molecule has 2 aromatic rings. The van der Waals surface area contributed by atoms with Gasteiger partial charge in [0, 0.05) is 29.4 Å². The maximum Gasteiger partial charge on any atom is 0.338 e. The number of anilines is 2. The molecule has 0 bridgehead atoms. The lowest BCUT2D eigenvalue weighted by molar-refractivity contribution is -0.119. The molecule has 1 saturated heterocycles. The Kier molecular flexibility index (Phi) is 7.09. The number of rotatable bonds is 7. The molecule has 2 aromatic carbocycles. The maximum absolute atomic E-state index is 12.3. The molecule has 0 aromatic heterocycles. The van der Waals surface area contributed by atoms with Crippen LogP contribution in [0.3, 0.4) is 0 Å². The summed E-state index contributed by atoms with van der Waals surface area (Å²) < 4.78 is 29.7. The molecule has 1 N–H and O–H groups in total. The maximum atomic E-state index is 12.3. The van der Waals surface area contributed by atoms with Crippen LogP contribution in [0.2, 0.25) is 0 Å². The zero-order chi connectivity index (χ0) is 20.8. The monoisotopic (exact) mass is 420 g/mol. The van der Waals surface area contributed by atoms with Crippen molar-refractivity contribution in [2.75, 3.05) is 29.9 Å². The molecule has 0 atom stereocenters. The van der Waals surface area contributed by atoms with E-state index in [0.717, 1.165) is 24.3 Å². The molecule has 1 aliphatic heterocycles. The summed E-state index contributed by atoms with van der Waals surface area (Å²) in [7, 11) is 0. The summed E-state index contributed by atoms with van der Waals surface area (Å²) in [6.45, 7) is 3.58. The van der Waals surface area contributed by atoms with Crippen molar-refractivity contribution in [3.05, 3.63) is 53.6 Å². The van der Waals surface area contributed by atoms with E-state index in [0.29, 0.717) is 22.3 Å². The van der Waals surface area contributed by atoms with Gasteiger partial charge in [-0.25, -0.2) is 4.79 Å². The molecule has 8 heteroatoms. The highest BCUT2D eigenvalue weighted by atomic mass is 32.2. The molecular weight excluding hydrogens is 398 g/mol. The summed E-state index contributed by atoms with van der Waals surface area (Å²) in [6.07, 6.45) is 2.38. The Hall–Kier alpha value is -2.61. The molecule has 0 unspecified atom stereocenters. The molecule has 154 valence electrons. The number of nitrogens with zero attached hydrogens (tertiary/aromatic N) is 1. The number of benzene rings is 2. The van der Waals surface area contributed by atoms with Crippen LogP contribution in [-0.2, 0) is 9.53 Å². The molecule has 0 aliphatic carbocycles.